The van der Waals surface area contributed by atoms with Gasteiger partial charge < -0.3 is 9.32 Å². The fraction of sp³-hybridized carbons (Fsp3) is 0.429. The fourth-order valence-corrected chi connectivity index (χ4v) is 0.823. The molecule has 0 aliphatic rings. The number of nitrogens with zero attached hydrogens (tertiary/aromatic N) is 1. The lowest BCUT2D eigenvalue weighted by Gasteiger charge is -2.07. The van der Waals surface area contributed by atoms with Gasteiger partial charge >= 0.3 is 0 Å². The highest BCUT2D eigenvalue weighted by molar-refractivity contribution is 5.41. The van der Waals surface area contributed by atoms with Crippen molar-refractivity contribution in [2.45, 2.75) is 6.92 Å². The van der Waals surface area contributed by atoms with Gasteiger partial charge in [-0.2, -0.15) is 0 Å². The van der Waals surface area contributed by atoms with Crippen molar-refractivity contribution in [1.29, 1.82) is 0 Å². The van der Waals surface area contributed by atoms with E-state index < -0.39 is 0 Å². The molecule has 0 atom stereocenters. The van der Waals surface area contributed by atoms with Gasteiger partial charge in [0.05, 0.1) is 6.26 Å². The van der Waals surface area contributed by atoms with Gasteiger partial charge in [0.1, 0.15) is 0 Å². The standard InChI is InChI=1S/C7H11NO/c1-6-4-5-9-7(6)8(2)3/h4-5H,1-3H3. The summed E-state index contributed by atoms with van der Waals surface area (Å²) in [5.74, 6) is 0.940. The van der Waals surface area contributed by atoms with Crippen molar-refractivity contribution >= 4 is 5.88 Å². The third kappa shape index (κ3) is 1.07. The third-order valence-corrected chi connectivity index (χ3v) is 1.24. The van der Waals surface area contributed by atoms with Crippen LogP contribution in [0.5, 0.6) is 0 Å². The molecular formula is C7H11NO. The van der Waals surface area contributed by atoms with Gasteiger partial charge in [-0.15, -0.1) is 0 Å². The molecule has 0 saturated carbocycles. The van der Waals surface area contributed by atoms with Crippen molar-refractivity contribution in [2.75, 3.05) is 19.0 Å². The summed E-state index contributed by atoms with van der Waals surface area (Å²) in [5.41, 5.74) is 1.18. The summed E-state index contributed by atoms with van der Waals surface area (Å²) in [6.07, 6.45) is 1.70. The summed E-state index contributed by atoms with van der Waals surface area (Å²) >= 11 is 0. The molecule has 0 amide bonds. The van der Waals surface area contributed by atoms with E-state index in [9.17, 15) is 0 Å². The molecule has 1 heterocycles. The van der Waals surface area contributed by atoms with Gasteiger partial charge in [-0.25, -0.2) is 0 Å². The first-order chi connectivity index (χ1) is 4.22. The van der Waals surface area contributed by atoms with Gasteiger partial charge in [0.2, 0.25) is 0 Å². The van der Waals surface area contributed by atoms with Crippen molar-refractivity contribution in [1.82, 2.24) is 0 Å². The van der Waals surface area contributed by atoms with Crippen molar-refractivity contribution in [2.24, 2.45) is 0 Å². The second-order valence-corrected chi connectivity index (χ2v) is 2.30. The van der Waals surface area contributed by atoms with Crippen LogP contribution in [0.1, 0.15) is 5.56 Å². The lowest BCUT2D eigenvalue weighted by Crippen LogP contribution is -2.08. The number of rotatable bonds is 1. The molecule has 0 unspecified atom stereocenters. The molecule has 0 fully saturated rings. The van der Waals surface area contributed by atoms with Gasteiger partial charge in [0, 0.05) is 19.7 Å². The normalized spacial score (nSPS) is 9.67. The quantitative estimate of drug-likeness (QED) is 0.567. The lowest BCUT2D eigenvalue weighted by atomic mass is 10.3. The topological polar surface area (TPSA) is 16.4 Å². The number of aryl methyl sites for hydroxylation is 1. The molecule has 0 aliphatic heterocycles. The Morgan fingerprint density at radius 2 is 2.11 bits per heavy atom. The van der Waals surface area contributed by atoms with E-state index in [0.717, 1.165) is 5.88 Å². The second kappa shape index (κ2) is 2.13. The van der Waals surface area contributed by atoms with Gasteiger partial charge in [-0.3, -0.25) is 0 Å². The molecule has 0 aromatic carbocycles. The number of anilines is 1. The molecule has 1 aromatic heterocycles. The van der Waals surface area contributed by atoms with Crippen LogP contribution in [0.25, 0.3) is 0 Å². The molecule has 2 heteroatoms. The lowest BCUT2D eigenvalue weighted by molar-refractivity contribution is 0.563. The summed E-state index contributed by atoms with van der Waals surface area (Å²) in [5, 5.41) is 0. The van der Waals surface area contributed by atoms with Crippen molar-refractivity contribution in [3.63, 3.8) is 0 Å². The van der Waals surface area contributed by atoms with Gasteiger partial charge in [0.25, 0.3) is 0 Å². The van der Waals surface area contributed by atoms with Crippen LogP contribution in [0.15, 0.2) is 16.7 Å². The van der Waals surface area contributed by atoms with Crippen LogP contribution in [0.2, 0.25) is 0 Å². The Labute approximate surface area is 55.1 Å². The van der Waals surface area contributed by atoms with E-state index in [1.54, 1.807) is 6.26 Å². The summed E-state index contributed by atoms with van der Waals surface area (Å²) in [4.78, 5) is 1.95. The highest BCUT2D eigenvalue weighted by Crippen LogP contribution is 2.17. The average Bonchev–Trinajstić information content (AvgIpc) is 2.13. The van der Waals surface area contributed by atoms with E-state index in [1.165, 1.54) is 5.56 Å². The van der Waals surface area contributed by atoms with Crippen LogP contribution < -0.4 is 4.90 Å². The zero-order valence-electron chi connectivity index (χ0n) is 6.01. The van der Waals surface area contributed by atoms with Crippen molar-refractivity contribution < 1.29 is 4.42 Å². The molecule has 0 radical (unpaired) electrons. The van der Waals surface area contributed by atoms with Crippen LogP contribution in [0.4, 0.5) is 5.88 Å². The fourth-order valence-electron chi connectivity index (χ4n) is 0.823. The van der Waals surface area contributed by atoms with Crippen molar-refractivity contribution in [3.8, 4) is 0 Å². The van der Waals surface area contributed by atoms with E-state index in [1.807, 2.05) is 32.0 Å². The molecule has 0 aliphatic carbocycles. The zero-order chi connectivity index (χ0) is 6.85. The highest BCUT2D eigenvalue weighted by Gasteiger charge is 2.00. The van der Waals surface area contributed by atoms with Crippen molar-refractivity contribution in [3.05, 3.63) is 17.9 Å². The molecule has 50 valence electrons. The molecule has 0 N–H and O–H groups in total. The molecule has 9 heavy (non-hydrogen) atoms. The maximum Gasteiger partial charge on any atom is 0.197 e. The van der Waals surface area contributed by atoms with Crippen LogP contribution >= 0.6 is 0 Å². The van der Waals surface area contributed by atoms with Crippen LogP contribution in [-0.2, 0) is 0 Å². The number of hydrogen-bond donors (Lipinski definition) is 0. The van der Waals surface area contributed by atoms with E-state index in [2.05, 4.69) is 0 Å². The number of furan rings is 1. The van der Waals surface area contributed by atoms with Crippen LogP contribution in [0, 0.1) is 6.92 Å². The molecular weight excluding hydrogens is 114 g/mol. The van der Waals surface area contributed by atoms with Crippen LogP contribution in [-0.4, -0.2) is 14.1 Å². The van der Waals surface area contributed by atoms with E-state index in [4.69, 9.17) is 4.42 Å². The van der Waals surface area contributed by atoms with Gasteiger partial charge in [0.15, 0.2) is 5.88 Å². The molecule has 2 nitrogen and oxygen atoms in total. The Balaban J connectivity index is 2.94. The predicted molar refractivity (Wildman–Crippen MR) is 37.8 cm³/mol. The van der Waals surface area contributed by atoms with Gasteiger partial charge in [-0.1, -0.05) is 0 Å². The Kier molecular flexibility index (Phi) is 1.47. The molecule has 1 rings (SSSR count). The minimum absolute atomic E-state index is 0.940. The Morgan fingerprint density at radius 1 is 1.44 bits per heavy atom. The largest absolute Gasteiger partial charge is 0.449 e. The Bertz CT molecular complexity index is 191. The summed E-state index contributed by atoms with van der Waals surface area (Å²) in [6.45, 7) is 2.03. The molecule has 0 saturated heterocycles. The SMILES string of the molecule is Cc1ccoc1N(C)C. The zero-order valence-corrected chi connectivity index (χ0v) is 6.01. The first kappa shape index (κ1) is 6.20. The summed E-state index contributed by atoms with van der Waals surface area (Å²) < 4.78 is 5.15. The molecule has 0 bridgehead atoms. The van der Waals surface area contributed by atoms with E-state index in [0.29, 0.717) is 0 Å². The first-order valence-corrected chi connectivity index (χ1v) is 2.93. The van der Waals surface area contributed by atoms with E-state index in [-0.39, 0.29) is 0 Å². The van der Waals surface area contributed by atoms with E-state index >= 15 is 0 Å². The maximum atomic E-state index is 5.15. The van der Waals surface area contributed by atoms with Gasteiger partial charge in [-0.05, 0) is 13.0 Å². The van der Waals surface area contributed by atoms with Crippen LogP contribution in [0.3, 0.4) is 0 Å². The smallest absolute Gasteiger partial charge is 0.197 e. The minimum atomic E-state index is 0.940. The minimum Gasteiger partial charge on any atom is -0.449 e. The Hall–Kier alpha value is -0.920. The monoisotopic (exact) mass is 125 g/mol. The first-order valence-electron chi connectivity index (χ1n) is 2.93. The molecule has 1 aromatic rings. The second-order valence-electron chi connectivity index (χ2n) is 2.30. The maximum absolute atomic E-state index is 5.15. The average molecular weight is 125 g/mol. The number of hydrogen-bond acceptors (Lipinski definition) is 2. The molecule has 0 spiro atoms. The Morgan fingerprint density at radius 3 is 2.33 bits per heavy atom. The third-order valence-electron chi connectivity index (χ3n) is 1.24. The summed E-state index contributed by atoms with van der Waals surface area (Å²) in [6, 6.07) is 1.95. The predicted octanol–water partition coefficient (Wildman–Crippen LogP) is 1.65. The summed E-state index contributed by atoms with van der Waals surface area (Å²) in [7, 11) is 3.93. The highest BCUT2D eigenvalue weighted by atomic mass is 16.3.